The summed E-state index contributed by atoms with van der Waals surface area (Å²) in [6.45, 7) is 6.53. The third kappa shape index (κ3) is 5.97. The SMILES string of the molecule is CCCCSC(CC)C(=O)OCC. The van der Waals surface area contributed by atoms with Crippen molar-refractivity contribution in [2.75, 3.05) is 12.4 Å². The van der Waals surface area contributed by atoms with E-state index in [9.17, 15) is 4.79 Å². The Kier molecular flexibility index (Phi) is 8.30. The monoisotopic (exact) mass is 204 g/mol. The Bertz CT molecular complexity index is 137. The van der Waals surface area contributed by atoms with Crippen molar-refractivity contribution in [1.82, 2.24) is 0 Å². The van der Waals surface area contributed by atoms with E-state index < -0.39 is 0 Å². The van der Waals surface area contributed by atoms with Crippen molar-refractivity contribution in [2.24, 2.45) is 0 Å². The molecule has 3 heteroatoms. The molecule has 0 aliphatic heterocycles. The Morgan fingerprint density at radius 1 is 1.38 bits per heavy atom. The van der Waals surface area contributed by atoms with Gasteiger partial charge in [0.05, 0.1) is 6.61 Å². The molecule has 0 heterocycles. The van der Waals surface area contributed by atoms with Crippen LogP contribution in [0.25, 0.3) is 0 Å². The van der Waals surface area contributed by atoms with Gasteiger partial charge in [-0.1, -0.05) is 20.3 Å². The summed E-state index contributed by atoms with van der Waals surface area (Å²) in [6, 6.07) is 0. The van der Waals surface area contributed by atoms with Crippen molar-refractivity contribution in [1.29, 1.82) is 0 Å². The van der Waals surface area contributed by atoms with Gasteiger partial charge in [-0.3, -0.25) is 4.79 Å². The van der Waals surface area contributed by atoms with Crippen molar-refractivity contribution in [3.63, 3.8) is 0 Å². The zero-order valence-corrected chi connectivity index (χ0v) is 9.65. The maximum absolute atomic E-state index is 11.3. The first kappa shape index (κ1) is 12.8. The van der Waals surface area contributed by atoms with Crippen LogP contribution in [0.15, 0.2) is 0 Å². The molecule has 13 heavy (non-hydrogen) atoms. The van der Waals surface area contributed by atoms with Gasteiger partial charge in [-0.05, 0) is 25.5 Å². The second-order valence-electron chi connectivity index (χ2n) is 2.87. The summed E-state index contributed by atoms with van der Waals surface area (Å²) in [5.74, 6) is 1.01. The minimum absolute atomic E-state index is 0.0477. The van der Waals surface area contributed by atoms with Crippen LogP contribution in [0.1, 0.15) is 40.0 Å². The lowest BCUT2D eigenvalue weighted by atomic mass is 10.3. The largest absolute Gasteiger partial charge is 0.465 e. The van der Waals surface area contributed by atoms with Crippen molar-refractivity contribution in [3.05, 3.63) is 0 Å². The summed E-state index contributed by atoms with van der Waals surface area (Å²) in [7, 11) is 0. The van der Waals surface area contributed by atoms with E-state index in [1.165, 1.54) is 12.8 Å². The van der Waals surface area contributed by atoms with Gasteiger partial charge in [-0.15, -0.1) is 11.8 Å². The normalized spacial score (nSPS) is 12.5. The molecule has 0 N–H and O–H groups in total. The molecule has 0 aromatic rings. The lowest BCUT2D eigenvalue weighted by Crippen LogP contribution is -2.19. The van der Waals surface area contributed by atoms with Crippen LogP contribution in [-0.2, 0) is 9.53 Å². The smallest absolute Gasteiger partial charge is 0.319 e. The summed E-state index contributed by atoms with van der Waals surface area (Å²) in [6.07, 6.45) is 3.24. The number of carbonyl (C=O) groups excluding carboxylic acids is 1. The van der Waals surface area contributed by atoms with Crippen LogP contribution in [0.5, 0.6) is 0 Å². The fourth-order valence-corrected chi connectivity index (χ4v) is 2.14. The molecule has 1 unspecified atom stereocenters. The van der Waals surface area contributed by atoms with Gasteiger partial charge in [0.15, 0.2) is 0 Å². The average molecular weight is 204 g/mol. The van der Waals surface area contributed by atoms with E-state index in [1.54, 1.807) is 11.8 Å². The first-order chi connectivity index (χ1) is 6.26. The molecular formula is C10H20O2S. The Hall–Kier alpha value is -0.180. The molecule has 0 saturated carbocycles. The van der Waals surface area contributed by atoms with Crippen LogP contribution in [0.4, 0.5) is 0 Å². The molecular weight excluding hydrogens is 184 g/mol. The molecule has 78 valence electrons. The van der Waals surface area contributed by atoms with Crippen LogP contribution in [0, 0.1) is 0 Å². The molecule has 0 saturated heterocycles. The summed E-state index contributed by atoms with van der Waals surface area (Å²) >= 11 is 1.72. The molecule has 0 fully saturated rings. The zero-order chi connectivity index (χ0) is 10.1. The second kappa shape index (κ2) is 8.42. The standard InChI is InChI=1S/C10H20O2S/c1-4-7-8-13-9(5-2)10(11)12-6-3/h9H,4-8H2,1-3H3. The number of unbranched alkanes of at least 4 members (excludes halogenated alkanes) is 1. The average Bonchev–Trinajstić information content (AvgIpc) is 2.13. The van der Waals surface area contributed by atoms with Crippen molar-refractivity contribution < 1.29 is 9.53 Å². The highest BCUT2D eigenvalue weighted by molar-refractivity contribution is 8.00. The van der Waals surface area contributed by atoms with Gasteiger partial charge < -0.3 is 4.74 Å². The highest BCUT2D eigenvalue weighted by Gasteiger charge is 2.16. The third-order valence-electron chi connectivity index (χ3n) is 1.74. The highest BCUT2D eigenvalue weighted by atomic mass is 32.2. The lowest BCUT2D eigenvalue weighted by Gasteiger charge is -2.12. The number of ether oxygens (including phenoxy) is 1. The number of hydrogen-bond acceptors (Lipinski definition) is 3. The molecule has 0 aromatic carbocycles. The number of hydrogen-bond donors (Lipinski definition) is 0. The second-order valence-corrected chi connectivity index (χ2v) is 4.18. The molecule has 0 radical (unpaired) electrons. The first-order valence-corrected chi connectivity index (χ1v) is 6.09. The first-order valence-electron chi connectivity index (χ1n) is 5.04. The Morgan fingerprint density at radius 2 is 2.08 bits per heavy atom. The van der Waals surface area contributed by atoms with E-state index in [1.807, 2.05) is 13.8 Å². The maximum Gasteiger partial charge on any atom is 0.319 e. The molecule has 0 aliphatic rings. The molecule has 1 atom stereocenters. The molecule has 0 bridgehead atoms. The van der Waals surface area contributed by atoms with Gasteiger partial charge in [-0.25, -0.2) is 0 Å². The van der Waals surface area contributed by atoms with E-state index in [-0.39, 0.29) is 11.2 Å². The Balaban J connectivity index is 3.67. The molecule has 0 aliphatic carbocycles. The topological polar surface area (TPSA) is 26.3 Å². The van der Waals surface area contributed by atoms with Crippen LogP contribution in [0.2, 0.25) is 0 Å². The third-order valence-corrected chi connectivity index (χ3v) is 3.19. The van der Waals surface area contributed by atoms with Gasteiger partial charge in [0.25, 0.3) is 0 Å². The molecule has 0 amide bonds. The quantitative estimate of drug-likeness (QED) is 0.471. The van der Waals surface area contributed by atoms with Crippen LogP contribution in [0.3, 0.4) is 0 Å². The van der Waals surface area contributed by atoms with Crippen LogP contribution < -0.4 is 0 Å². The summed E-state index contributed by atoms with van der Waals surface area (Å²) in [5.41, 5.74) is 0. The molecule has 0 rings (SSSR count). The van der Waals surface area contributed by atoms with Gasteiger partial charge >= 0.3 is 5.97 Å². The van der Waals surface area contributed by atoms with E-state index in [2.05, 4.69) is 6.92 Å². The Labute approximate surface area is 85.4 Å². The van der Waals surface area contributed by atoms with Crippen molar-refractivity contribution in [2.45, 2.75) is 45.3 Å². The summed E-state index contributed by atoms with van der Waals surface area (Å²) < 4.78 is 4.97. The van der Waals surface area contributed by atoms with E-state index in [4.69, 9.17) is 4.74 Å². The van der Waals surface area contributed by atoms with E-state index >= 15 is 0 Å². The van der Waals surface area contributed by atoms with Crippen molar-refractivity contribution >= 4 is 17.7 Å². The fraction of sp³-hybridized carbons (Fsp3) is 0.900. The number of carbonyl (C=O) groups is 1. The maximum atomic E-state index is 11.3. The van der Waals surface area contributed by atoms with E-state index in [0.29, 0.717) is 6.61 Å². The van der Waals surface area contributed by atoms with E-state index in [0.717, 1.165) is 12.2 Å². The summed E-state index contributed by atoms with van der Waals surface area (Å²) in [5, 5.41) is 0.0477. The van der Waals surface area contributed by atoms with Gasteiger partial charge in [-0.2, -0.15) is 0 Å². The minimum atomic E-state index is -0.0499. The van der Waals surface area contributed by atoms with Gasteiger partial charge in [0.1, 0.15) is 5.25 Å². The highest BCUT2D eigenvalue weighted by Crippen LogP contribution is 2.17. The molecule has 0 aromatic heterocycles. The number of rotatable bonds is 7. The zero-order valence-electron chi connectivity index (χ0n) is 8.84. The van der Waals surface area contributed by atoms with Gasteiger partial charge in [0, 0.05) is 0 Å². The minimum Gasteiger partial charge on any atom is -0.465 e. The Morgan fingerprint density at radius 3 is 2.54 bits per heavy atom. The summed E-state index contributed by atoms with van der Waals surface area (Å²) in [4.78, 5) is 11.3. The molecule has 2 nitrogen and oxygen atoms in total. The molecule has 0 spiro atoms. The predicted molar refractivity (Wildman–Crippen MR) is 58.1 cm³/mol. The lowest BCUT2D eigenvalue weighted by molar-refractivity contribution is -0.142. The van der Waals surface area contributed by atoms with Crippen molar-refractivity contribution in [3.8, 4) is 0 Å². The van der Waals surface area contributed by atoms with Crippen LogP contribution >= 0.6 is 11.8 Å². The van der Waals surface area contributed by atoms with Crippen LogP contribution in [-0.4, -0.2) is 23.6 Å². The number of esters is 1. The number of thioether (sulfide) groups is 1. The van der Waals surface area contributed by atoms with Gasteiger partial charge in [0.2, 0.25) is 0 Å². The fourth-order valence-electron chi connectivity index (χ4n) is 0.958. The predicted octanol–water partition coefficient (Wildman–Crippen LogP) is 2.86.